The fourth-order valence-electron chi connectivity index (χ4n) is 4.68. The van der Waals surface area contributed by atoms with Gasteiger partial charge in [0.05, 0.1) is 35.2 Å². The second kappa shape index (κ2) is 8.81. The first-order chi connectivity index (χ1) is 17.3. The van der Waals surface area contributed by atoms with Crippen LogP contribution in [0.25, 0.3) is 16.7 Å². The van der Waals surface area contributed by atoms with E-state index in [-0.39, 0.29) is 39.5 Å². The van der Waals surface area contributed by atoms with Crippen LogP contribution < -0.4 is 15.9 Å². The van der Waals surface area contributed by atoms with Gasteiger partial charge in [-0.1, -0.05) is 36.4 Å². The molecule has 8 heteroatoms. The fraction of sp³-hybridized carbons (Fsp3) is 0.143. The van der Waals surface area contributed by atoms with Gasteiger partial charge in [-0.15, -0.1) is 0 Å². The van der Waals surface area contributed by atoms with Crippen LogP contribution in [0.3, 0.4) is 0 Å². The van der Waals surface area contributed by atoms with Crippen molar-refractivity contribution < 1.29 is 19.4 Å². The number of nitrogens with zero attached hydrogens (tertiary/aromatic N) is 2. The van der Waals surface area contributed by atoms with Crippen molar-refractivity contribution in [2.24, 2.45) is 7.05 Å². The zero-order valence-electron chi connectivity index (χ0n) is 19.9. The Morgan fingerprint density at radius 1 is 0.917 bits per heavy atom. The average Bonchev–Trinajstić information content (AvgIpc) is 3.10. The predicted octanol–water partition coefficient (Wildman–Crippen LogP) is 4.19. The number of ether oxygens (including phenoxy) is 1. The molecule has 0 aliphatic heterocycles. The van der Waals surface area contributed by atoms with E-state index < -0.39 is 11.5 Å². The predicted molar refractivity (Wildman–Crippen MR) is 135 cm³/mol. The van der Waals surface area contributed by atoms with Gasteiger partial charge in [-0.25, -0.2) is 9.48 Å². The number of rotatable bonds is 5. The summed E-state index contributed by atoms with van der Waals surface area (Å²) in [6, 6.07) is 20.4. The summed E-state index contributed by atoms with van der Waals surface area (Å²) in [5.74, 6) is -1.21. The molecule has 3 aromatic carbocycles. The molecule has 0 bridgehead atoms. The fourth-order valence-corrected chi connectivity index (χ4v) is 4.68. The van der Waals surface area contributed by atoms with E-state index in [0.717, 1.165) is 0 Å². The molecular formula is C28H24N2O6. The van der Waals surface area contributed by atoms with Crippen LogP contribution in [-0.4, -0.2) is 26.7 Å². The number of phenols is 1. The third-order valence-corrected chi connectivity index (χ3v) is 6.53. The molecule has 0 saturated carbocycles. The lowest BCUT2D eigenvalue weighted by Gasteiger charge is -2.19. The highest BCUT2D eigenvalue weighted by Crippen LogP contribution is 2.40. The molecule has 0 saturated heterocycles. The quantitative estimate of drug-likeness (QED) is 0.362. The van der Waals surface area contributed by atoms with Gasteiger partial charge >= 0.3 is 5.63 Å². The first kappa shape index (κ1) is 23.0. The molecule has 36 heavy (non-hydrogen) atoms. The van der Waals surface area contributed by atoms with Crippen LogP contribution in [0.15, 0.2) is 86.8 Å². The van der Waals surface area contributed by atoms with E-state index in [9.17, 15) is 19.8 Å². The molecule has 2 N–H and O–H groups in total. The summed E-state index contributed by atoms with van der Waals surface area (Å²) in [5, 5.41) is 21.9. The largest absolute Gasteiger partial charge is 0.507 e. The Balaban J connectivity index is 1.88. The van der Waals surface area contributed by atoms with Crippen LogP contribution in [0.4, 0.5) is 0 Å². The van der Waals surface area contributed by atoms with E-state index in [4.69, 9.17) is 9.15 Å². The van der Waals surface area contributed by atoms with Gasteiger partial charge in [-0.05, 0) is 48.9 Å². The Hall–Kier alpha value is -4.72. The first-order valence-electron chi connectivity index (χ1n) is 11.3. The van der Waals surface area contributed by atoms with Gasteiger partial charge in [0, 0.05) is 12.7 Å². The van der Waals surface area contributed by atoms with Crippen molar-refractivity contribution >= 4 is 11.0 Å². The first-order valence-corrected chi connectivity index (χ1v) is 11.3. The van der Waals surface area contributed by atoms with E-state index in [0.29, 0.717) is 22.3 Å². The van der Waals surface area contributed by atoms with Crippen LogP contribution in [-0.2, 0) is 7.05 Å². The van der Waals surface area contributed by atoms with Crippen molar-refractivity contribution in [1.29, 1.82) is 0 Å². The van der Waals surface area contributed by atoms with Gasteiger partial charge < -0.3 is 19.4 Å². The van der Waals surface area contributed by atoms with E-state index in [1.165, 1.54) is 17.9 Å². The van der Waals surface area contributed by atoms with E-state index >= 15 is 0 Å². The molecular weight excluding hydrogens is 460 g/mol. The maximum Gasteiger partial charge on any atom is 0.344 e. The lowest BCUT2D eigenvalue weighted by molar-refractivity contribution is 0.373. The maximum absolute atomic E-state index is 14.0. The smallest absolute Gasteiger partial charge is 0.344 e. The third kappa shape index (κ3) is 3.54. The van der Waals surface area contributed by atoms with Gasteiger partial charge in [0.25, 0.3) is 5.56 Å². The summed E-state index contributed by atoms with van der Waals surface area (Å²) in [6.45, 7) is 1.78. The van der Waals surface area contributed by atoms with E-state index in [1.54, 1.807) is 55.1 Å². The number of methoxy groups -OCH3 is 1. The summed E-state index contributed by atoms with van der Waals surface area (Å²) < 4.78 is 14.1. The average molecular weight is 485 g/mol. The molecule has 182 valence electrons. The van der Waals surface area contributed by atoms with E-state index in [2.05, 4.69) is 0 Å². The molecule has 1 atom stereocenters. The maximum atomic E-state index is 14.0. The van der Waals surface area contributed by atoms with E-state index in [1.807, 2.05) is 30.3 Å². The molecule has 5 rings (SSSR count). The van der Waals surface area contributed by atoms with Crippen molar-refractivity contribution in [3.63, 3.8) is 0 Å². The zero-order valence-corrected chi connectivity index (χ0v) is 19.9. The lowest BCUT2D eigenvalue weighted by Crippen LogP contribution is -2.24. The Morgan fingerprint density at radius 2 is 1.61 bits per heavy atom. The van der Waals surface area contributed by atoms with Crippen molar-refractivity contribution in [3.8, 4) is 22.9 Å². The van der Waals surface area contributed by atoms with Crippen molar-refractivity contribution in [1.82, 2.24) is 9.36 Å². The highest BCUT2D eigenvalue weighted by molar-refractivity contribution is 5.84. The minimum absolute atomic E-state index is 0.0764. The molecule has 2 aromatic heterocycles. The summed E-state index contributed by atoms with van der Waals surface area (Å²) in [7, 11) is 3.16. The topological polar surface area (TPSA) is 107 Å². The number of benzene rings is 3. The summed E-state index contributed by atoms with van der Waals surface area (Å²) >= 11 is 0. The minimum Gasteiger partial charge on any atom is -0.507 e. The number of aromatic hydroxyl groups is 2. The SMILES string of the molecule is COc1cc([C@H](c2c(O)c3ccccc3oc2=O)c2c(C)n(C)n(-c3ccccc3)c2=O)ccc1O. The zero-order chi connectivity index (χ0) is 25.6. The highest BCUT2D eigenvalue weighted by atomic mass is 16.5. The Bertz CT molecular complexity index is 1710. The molecule has 5 aromatic rings. The molecule has 0 spiro atoms. The summed E-state index contributed by atoms with van der Waals surface area (Å²) in [5.41, 5.74) is 1.02. The standard InChI is InChI=1S/C28H24N2O6/c1-16-23(27(33)30(29(16)2)18-9-5-4-6-10-18)24(17-13-14-20(31)22(15-17)35-3)25-26(32)19-11-7-8-12-21(19)36-28(25)34/h4-15,24,31-32H,1-3H3/t24-/m0/s1. The van der Waals surface area contributed by atoms with Gasteiger partial charge in [0.2, 0.25) is 0 Å². The van der Waals surface area contributed by atoms with Gasteiger partial charge in [0.1, 0.15) is 11.3 Å². The number of hydrogen-bond acceptors (Lipinski definition) is 6. The van der Waals surface area contributed by atoms with Crippen LogP contribution in [0, 0.1) is 6.92 Å². The number of phenolic OH excluding ortho intramolecular Hbond substituents is 1. The van der Waals surface area contributed by atoms with Crippen LogP contribution in [0.1, 0.15) is 28.3 Å². The molecule has 0 radical (unpaired) electrons. The monoisotopic (exact) mass is 484 g/mol. The molecule has 0 fully saturated rings. The molecule has 0 aliphatic carbocycles. The number of fused-ring (bicyclic) bond motifs is 1. The Kier molecular flexibility index (Phi) is 5.64. The molecule has 2 heterocycles. The van der Waals surface area contributed by atoms with Gasteiger partial charge in [-0.3, -0.25) is 9.48 Å². The van der Waals surface area contributed by atoms with Crippen LogP contribution in [0.5, 0.6) is 17.2 Å². The van der Waals surface area contributed by atoms with Crippen molar-refractivity contribution in [2.75, 3.05) is 7.11 Å². The number of aromatic nitrogens is 2. The lowest BCUT2D eigenvalue weighted by atomic mass is 9.84. The highest BCUT2D eigenvalue weighted by Gasteiger charge is 2.33. The molecule has 0 amide bonds. The summed E-state index contributed by atoms with van der Waals surface area (Å²) in [6.07, 6.45) is 0. The van der Waals surface area contributed by atoms with Crippen molar-refractivity contribution in [3.05, 3.63) is 116 Å². The second-order valence-electron chi connectivity index (χ2n) is 8.49. The second-order valence-corrected chi connectivity index (χ2v) is 8.49. The number of hydrogen-bond donors (Lipinski definition) is 2. The normalized spacial score (nSPS) is 12.1. The summed E-state index contributed by atoms with van der Waals surface area (Å²) in [4.78, 5) is 27.3. The van der Waals surface area contributed by atoms with Crippen molar-refractivity contribution in [2.45, 2.75) is 12.8 Å². The Morgan fingerprint density at radius 3 is 2.33 bits per heavy atom. The Labute approximate surface area is 205 Å². The van der Waals surface area contributed by atoms with Gasteiger partial charge in [-0.2, -0.15) is 0 Å². The molecule has 8 nitrogen and oxygen atoms in total. The molecule has 0 aliphatic rings. The molecule has 0 unspecified atom stereocenters. The van der Waals surface area contributed by atoms with Crippen LogP contribution >= 0.6 is 0 Å². The third-order valence-electron chi connectivity index (χ3n) is 6.53. The van der Waals surface area contributed by atoms with Gasteiger partial charge in [0.15, 0.2) is 11.5 Å². The minimum atomic E-state index is -1.01. The van der Waals surface area contributed by atoms with Crippen LogP contribution in [0.2, 0.25) is 0 Å². The number of para-hydroxylation sites is 2.